The van der Waals surface area contributed by atoms with E-state index >= 15 is 0 Å². The molecule has 0 aliphatic heterocycles. The van der Waals surface area contributed by atoms with Gasteiger partial charge in [0.15, 0.2) is 0 Å². The van der Waals surface area contributed by atoms with E-state index in [9.17, 15) is 13.2 Å². The van der Waals surface area contributed by atoms with Gasteiger partial charge in [-0.1, -0.05) is 6.92 Å². The van der Waals surface area contributed by atoms with Gasteiger partial charge >= 0.3 is 72.8 Å². The van der Waals surface area contributed by atoms with Gasteiger partial charge in [0.25, 0.3) is 0 Å². The first kappa shape index (κ1) is 16.8. The summed E-state index contributed by atoms with van der Waals surface area (Å²) in [6, 6.07) is 0. The Balaban J connectivity index is 0. The predicted octanol–water partition coefficient (Wildman–Crippen LogP) is 0.722. The van der Waals surface area contributed by atoms with E-state index in [4.69, 9.17) is 9.66 Å². The first-order chi connectivity index (χ1) is 6.33. The first-order valence-electron chi connectivity index (χ1n) is 4.50. The van der Waals surface area contributed by atoms with E-state index < -0.39 is 16.1 Å². The van der Waals surface area contributed by atoms with Gasteiger partial charge in [-0.25, -0.2) is 0 Å². The van der Waals surface area contributed by atoms with Gasteiger partial charge in [0.05, 0.1) is 0 Å². The van der Waals surface area contributed by atoms with Crippen LogP contribution in [-0.4, -0.2) is 57.7 Å². The van der Waals surface area contributed by atoms with Gasteiger partial charge in [-0.05, 0) is 6.42 Å². The van der Waals surface area contributed by atoms with Crippen LogP contribution >= 0.6 is 0 Å². The fourth-order valence-electron chi connectivity index (χ4n) is 0.541. The first-order valence-corrected chi connectivity index (χ1v) is 7.52. The molecule has 0 unspecified atom stereocenters. The monoisotopic (exact) mass is 234 g/mol. The zero-order valence-corrected chi connectivity index (χ0v) is 11.4. The number of aliphatic carboxylic acids is 1. The van der Waals surface area contributed by atoms with Gasteiger partial charge in [0.1, 0.15) is 0 Å². The molecule has 0 aromatic heterocycles. The van der Waals surface area contributed by atoms with Crippen molar-refractivity contribution in [3.8, 4) is 0 Å². The van der Waals surface area contributed by atoms with Gasteiger partial charge in [-0.15, -0.1) is 0 Å². The van der Waals surface area contributed by atoms with E-state index in [0.29, 0.717) is 12.8 Å². The Kier molecular flexibility index (Phi) is 11.9. The second-order valence-corrected chi connectivity index (χ2v) is 5.36. The van der Waals surface area contributed by atoms with Crippen LogP contribution in [0.1, 0.15) is 26.2 Å². The van der Waals surface area contributed by atoms with Crippen LogP contribution in [0.4, 0.5) is 0 Å². The van der Waals surface area contributed by atoms with Crippen molar-refractivity contribution in [3.05, 3.63) is 0 Å². The Morgan fingerprint density at radius 1 is 1.43 bits per heavy atom. The molecule has 7 heteroatoms. The van der Waals surface area contributed by atoms with Crippen molar-refractivity contribution in [2.24, 2.45) is 0 Å². The summed E-state index contributed by atoms with van der Waals surface area (Å²) in [4.78, 5) is 9.60. The quantitative estimate of drug-likeness (QED) is 0.540. The molecule has 0 fully saturated rings. The molecular formula is C7H15NaO5S. The zero-order chi connectivity index (χ0) is 11.6. The third kappa shape index (κ3) is 22.8. The number of carbonyl (C=O) groups is 1. The maximum absolute atomic E-state index is 9.96. The second-order valence-electron chi connectivity index (χ2n) is 2.78. The Bertz CT molecular complexity index is 236. The van der Waals surface area contributed by atoms with Gasteiger partial charge in [0, 0.05) is 6.42 Å². The summed E-state index contributed by atoms with van der Waals surface area (Å²) < 4.78 is 29.0. The molecule has 80 valence electrons. The van der Waals surface area contributed by atoms with E-state index in [-0.39, 0.29) is 5.75 Å². The number of rotatable bonds is 5. The summed E-state index contributed by atoms with van der Waals surface area (Å²) in [5.74, 6) is -0.784. The van der Waals surface area contributed by atoms with Crippen molar-refractivity contribution in [1.29, 1.82) is 0 Å². The van der Waals surface area contributed by atoms with Crippen molar-refractivity contribution in [3.63, 3.8) is 0 Å². The van der Waals surface area contributed by atoms with E-state index in [2.05, 4.69) is 0 Å². The molecule has 0 bridgehead atoms. The Hall–Kier alpha value is 0.380. The van der Waals surface area contributed by atoms with Gasteiger partial charge in [-0.3, -0.25) is 4.79 Å². The summed E-state index contributed by atoms with van der Waals surface area (Å²) in [7, 11) is -3.66. The molecule has 0 aliphatic rings. The molecule has 0 saturated carbocycles. The normalized spacial score (nSPS) is 10.3. The third-order valence-electron chi connectivity index (χ3n) is 1.22. The number of hydrogen-bond acceptors (Lipinski definition) is 3. The summed E-state index contributed by atoms with van der Waals surface area (Å²) in [6.45, 7) is 1.84. The molecule has 5 nitrogen and oxygen atoms in total. The Morgan fingerprint density at radius 2 is 1.93 bits per heavy atom. The molecular weight excluding hydrogens is 219 g/mol. The molecule has 0 amide bonds. The predicted molar refractivity (Wildman–Crippen MR) is 54.1 cm³/mol. The number of carboxylic acid groups (broad SMARTS) is 1. The van der Waals surface area contributed by atoms with Crippen molar-refractivity contribution in [1.82, 2.24) is 0 Å². The molecule has 14 heavy (non-hydrogen) atoms. The number of carboxylic acids is 1. The van der Waals surface area contributed by atoms with E-state index in [0.717, 1.165) is 38.0 Å². The second kappa shape index (κ2) is 9.92. The van der Waals surface area contributed by atoms with E-state index in [1.807, 2.05) is 6.92 Å². The molecule has 0 rings (SSSR count). The molecule has 0 saturated heterocycles. The zero-order valence-electron chi connectivity index (χ0n) is 8.56. The maximum atomic E-state index is 9.96. The minimum atomic E-state index is -3.66. The van der Waals surface area contributed by atoms with Gasteiger partial charge in [0.2, 0.25) is 0 Å². The van der Waals surface area contributed by atoms with Crippen molar-refractivity contribution in [2.45, 2.75) is 29.9 Å². The third-order valence-corrected chi connectivity index (χ3v) is 2.73. The van der Waals surface area contributed by atoms with Crippen molar-refractivity contribution < 1.29 is 22.9 Å². The molecule has 0 aromatic carbocycles. The molecule has 0 spiro atoms. The molecule has 2 N–H and O–H groups in total. The van der Waals surface area contributed by atoms with Crippen molar-refractivity contribution >= 4 is 44.0 Å². The van der Waals surface area contributed by atoms with Crippen LogP contribution in [0.15, 0.2) is 0 Å². The fraction of sp³-hybridized carbons (Fsp3) is 0.857. The van der Waals surface area contributed by atoms with Crippen LogP contribution in [0.3, 0.4) is 0 Å². The summed E-state index contributed by atoms with van der Waals surface area (Å²) >= 11 is 1.01. The molecule has 0 radical (unpaired) electrons. The van der Waals surface area contributed by atoms with E-state index in [1.54, 1.807) is 0 Å². The van der Waals surface area contributed by atoms with Crippen LogP contribution in [0.25, 0.3) is 0 Å². The van der Waals surface area contributed by atoms with E-state index in [1.165, 1.54) is 0 Å². The van der Waals surface area contributed by atoms with Crippen molar-refractivity contribution in [2.75, 3.05) is 5.75 Å². The van der Waals surface area contributed by atoms with Crippen LogP contribution in [-0.2, 0) is 14.9 Å². The summed E-state index contributed by atoms with van der Waals surface area (Å²) in [5.41, 5.74) is 0. The summed E-state index contributed by atoms with van der Waals surface area (Å²) in [5, 5.41) is 7.91. The van der Waals surface area contributed by atoms with Crippen LogP contribution in [0.2, 0.25) is 3.67 Å². The average molecular weight is 234 g/mol. The molecule has 0 aromatic rings. The Labute approximate surface area is 102 Å². The standard InChI is InChI=1S/C4H8O2.C3H7O3S.Na/c1-2-3-4(5)6;1-2-3-7(4,5)6;/h2-3H2,1H3,(H,5,6);1-3H2,(H,4,5,6);. The van der Waals surface area contributed by atoms with Crippen LogP contribution in [0.5, 0.6) is 0 Å². The van der Waals surface area contributed by atoms with Gasteiger partial charge in [-0.2, -0.15) is 0 Å². The molecule has 0 aliphatic carbocycles. The number of hydrogen-bond donors (Lipinski definition) is 2. The molecule has 0 atom stereocenters. The van der Waals surface area contributed by atoms with Crippen LogP contribution in [0, 0.1) is 0 Å². The minimum absolute atomic E-state index is 0.0729. The average Bonchev–Trinajstić information content (AvgIpc) is 2.00. The summed E-state index contributed by atoms with van der Waals surface area (Å²) in [6.07, 6.45) is 1.63. The Morgan fingerprint density at radius 3 is 2.00 bits per heavy atom. The SMILES string of the molecule is CCCC(=O)O.O=S(=O)(O)CC[CH2][Na]. The topological polar surface area (TPSA) is 91.7 Å². The van der Waals surface area contributed by atoms with Crippen LogP contribution < -0.4 is 0 Å². The van der Waals surface area contributed by atoms with Gasteiger partial charge < -0.3 is 5.11 Å². The molecule has 0 heterocycles. The fourth-order valence-corrected chi connectivity index (χ4v) is 2.06.